The van der Waals surface area contributed by atoms with E-state index in [-0.39, 0.29) is 5.82 Å². The van der Waals surface area contributed by atoms with E-state index in [0.717, 1.165) is 11.3 Å². The van der Waals surface area contributed by atoms with Crippen LogP contribution in [-0.2, 0) is 20.1 Å². The Kier molecular flexibility index (Phi) is 5.32. The van der Waals surface area contributed by atoms with E-state index < -0.39 is 0 Å². The summed E-state index contributed by atoms with van der Waals surface area (Å²) in [6.07, 6.45) is 1.75. The Labute approximate surface area is 131 Å². The number of rotatable bonds is 4. The van der Waals surface area contributed by atoms with Gasteiger partial charge in [0.15, 0.2) is 5.96 Å². The van der Waals surface area contributed by atoms with Crippen LogP contribution in [0, 0.1) is 5.82 Å². The standard InChI is InChI=1S/C14H17BrFN5/c1-17-14(19-9-11-5-6-20-21(11)2)18-8-10-3-4-12(15)13(16)7-10/h3-7H,8-9H2,1-2H3,(H2,17,18,19). The topological polar surface area (TPSA) is 54.2 Å². The molecule has 7 heteroatoms. The van der Waals surface area contributed by atoms with E-state index >= 15 is 0 Å². The molecule has 0 spiro atoms. The van der Waals surface area contributed by atoms with Gasteiger partial charge < -0.3 is 10.6 Å². The van der Waals surface area contributed by atoms with E-state index in [2.05, 4.69) is 36.7 Å². The summed E-state index contributed by atoms with van der Waals surface area (Å²) in [5, 5.41) is 10.4. The zero-order chi connectivity index (χ0) is 15.2. The lowest BCUT2D eigenvalue weighted by atomic mass is 10.2. The predicted molar refractivity (Wildman–Crippen MR) is 84.3 cm³/mol. The van der Waals surface area contributed by atoms with Gasteiger partial charge in [-0.25, -0.2) is 4.39 Å². The first-order valence-corrected chi connectivity index (χ1v) is 7.25. The van der Waals surface area contributed by atoms with Crippen molar-refractivity contribution in [3.63, 3.8) is 0 Å². The van der Waals surface area contributed by atoms with Crippen molar-refractivity contribution < 1.29 is 4.39 Å². The fourth-order valence-electron chi connectivity index (χ4n) is 1.81. The maximum atomic E-state index is 13.4. The minimum Gasteiger partial charge on any atom is -0.352 e. The lowest BCUT2D eigenvalue weighted by Gasteiger charge is -2.12. The SMILES string of the molecule is CN=C(NCc1ccc(Br)c(F)c1)NCc1ccnn1C. The molecule has 0 radical (unpaired) electrons. The fourth-order valence-corrected chi connectivity index (χ4v) is 2.05. The zero-order valence-electron chi connectivity index (χ0n) is 11.9. The van der Waals surface area contributed by atoms with Gasteiger partial charge in [0.25, 0.3) is 0 Å². The van der Waals surface area contributed by atoms with Crippen molar-refractivity contribution in [1.82, 2.24) is 20.4 Å². The van der Waals surface area contributed by atoms with Crippen LogP contribution in [0.15, 0.2) is 39.9 Å². The summed E-state index contributed by atoms with van der Waals surface area (Å²) in [5.41, 5.74) is 1.90. The summed E-state index contributed by atoms with van der Waals surface area (Å²) in [6, 6.07) is 6.97. The van der Waals surface area contributed by atoms with Gasteiger partial charge in [0.2, 0.25) is 0 Å². The number of hydrogen-bond acceptors (Lipinski definition) is 2. The van der Waals surface area contributed by atoms with Crippen molar-refractivity contribution in [1.29, 1.82) is 0 Å². The van der Waals surface area contributed by atoms with Crippen LogP contribution in [0.2, 0.25) is 0 Å². The normalized spacial score (nSPS) is 11.5. The summed E-state index contributed by atoms with van der Waals surface area (Å²) >= 11 is 3.14. The smallest absolute Gasteiger partial charge is 0.191 e. The van der Waals surface area contributed by atoms with Crippen molar-refractivity contribution in [3.8, 4) is 0 Å². The third kappa shape index (κ3) is 4.29. The molecule has 0 saturated heterocycles. The number of nitrogens with zero attached hydrogens (tertiary/aromatic N) is 3. The molecule has 21 heavy (non-hydrogen) atoms. The van der Waals surface area contributed by atoms with Crippen molar-refractivity contribution in [3.05, 3.63) is 52.0 Å². The van der Waals surface area contributed by atoms with E-state index in [0.29, 0.717) is 23.5 Å². The number of aryl methyl sites for hydroxylation is 1. The van der Waals surface area contributed by atoms with Crippen molar-refractivity contribution >= 4 is 21.9 Å². The van der Waals surface area contributed by atoms with Crippen molar-refractivity contribution in [2.75, 3.05) is 7.05 Å². The van der Waals surface area contributed by atoms with E-state index in [4.69, 9.17) is 0 Å². The van der Waals surface area contributed by atoms with E-state index in [1.54, 1.807) is 24.0 Å². The Morgan fingerprint density at radius 3 is 2.71 bits per heavy atom. The Bertz CT molecular complexity index is 638. The second-order valence-electron chi connectivity index (χ2n) is 4.47. The van der Waals surface area contributed by atoms with Crippen LogP contribution in [0.1, 0.15) is 11.3 Å². The number of nitrogens with one attached hydrogen (secondary N) is 2. The van der Waals surface area contributed by atoms with Gasteiger partial charge >= 0.3 is 0 Å². The highest BCUT2D eigenvalue weighted by molar-refractivity contribution is 9.10. The number of aromatic nitrogens is 2. The number of benzene rings is 1. The molecule has 112 valence electrons. The number of hydrogen-bond donors (Lipinski definition) is 2. The molecule has 0 aliphatic rings. The van der Waals surface area contributed by atoms with Crippen molar-refractivity contribution in [2.45, 2.75) is 13.1 Å². The molecule has 0 amide bonds. The summed E-state index contributed by atoms with van der Waals surface area (Å²) in [5.74, 6) is 0.381. The second-order valence-corrected chi connectivity index (χ2v) is 5.33. The van der Waals surface area contributed by atoms with Gasteiger partial charge in [-0.2, -0.15) is 5.10 Å². The molecule has 0 aliphatic carbocycles. The lowest BCUT2D eigenvalue weighted by molar-refractivity contribution is 0.617. The second kappa shape index (κ2) is 7.21. The fraction of sp³-hybridized carbons (Fsp3) is 0.286. The number of aliphatic imine (C=N–C) groups is 1. The van der Waals surface area contributed by atoms with Crippen LogP contribution >= 0.6 is 15.9 Å². The molecule has 0 saturated carbocycles. The molecule has 2 N–H and O–H groups in total. The number of guanidine groups is 1. The van der Waals surface area contributed by atoms with Crippen molar-refractivity contribution in [2.24, 2.45) is 12.0 Å². The highest BCUT2D eigenvalue weighted by Gasteiger charge is 2.03. The van der Waals surface area contributed by atoms with Crippen LogP contribution in [0.25, 0.3) is 0 Å². The molecule has 2 aromatic rings. The molecule has 0 unspecified atom stereocenters. The molecule has 1 heterocycles. The van der Waals surface area contributed by atoms with Gasteiger partial charge in [0.05, 0.1) is 16.7 Å². The maximum Gasteiger partial charge on any atom is 0.191 e. The van der Waals surface area contributed by atoms with Gasteiger partial charge in [-0.1, -0.05) is 6.07 Å². The Balaban J connectivity index is 1.88. The number of halogens is 2. The Morgan fingerprint density at radius 2 is 2.10 bits per heavy atom. The Morgan fingerprint density at radius 1 is 1.33 bits per heavy atom. The van der Waals surface area contributed by atoms with Crippen LogP contribution in [0.4, 0.5) is 4.39 Å². The quantitative estimate of drug-likeness (QED) is 0.654. The third-order valence-corrected chi connectivity index (χ3v) is 3.67. The minimum absolute atomic E-state index is 0.271. The highest BCUT2D eigenvalue weighted by Crippen LogP contribution is 2.16. The summed E-state index contributed by atoms with van der Waals surface area (Å²) in [6.45, 7) is 1.11. The first-order chi connectivity index (χ1) is 10.1. The lowest BCUT2D eigenvalue weighted by Crippen LogP contribution is -2.36. The van der Waals surface area contributed by atoms with Crippen LogP contribution in [0.5, 0.6) is 0 Å². The predicted octanol–water partition coefficient (Wildman–Crippen LogP) is 2.19. The first-order valence-electron chi connectivity index (χ1n) is 6.45. The molecule has 5 nitrogen and oxygen atoms in total. The van der Waals surface area contributed by atoms with E-state index in [9.17, 15) is 4.39 Å². The van der Waals surface area contributed by atoms with Crippen LogP contribution in [0.3, 0.4) is 0 Å². The molecule has 0 aliphatic heterocycles. The minimum atomic E-state index is -0.271. The van der Waals surface area contributed by atoms with Gasteiger partial charge in [-0.05, 0) is 39.7 Å². The summed E-state index contributed by atoms with van der Waals surface area (Å²) < 4.78 is 15.7. The summed E-state index contributed by atoms with van der Waals surface area (Å²) in [4.78, 5) is 4.13. The average molecular weight is 354 g/mol. The maximum absolute atomic E-state index is 13.4. The molecule has 0 bridgehead atoms. The molecule has 1 aromatic carbocycles. The summed E-state index contributed by atoms with van der Waals surface area (Å²) in [7, 11) is 3.58. The van der Waals surface area contributed by atoms with Gasteiger partial charge in [-0.3, -0.25) is 9.67 Å². The van der Waals surface area contributed by atoms with Gasteiger partial charge in [-0.15, -0.1) is 0 Å². The molecular weight excluding hydrogens is 337 g/mol. The van der Waals surface area contributed by atoms with E-state index in [1.165, 1.54) is 6.07 Å². The van der Waals surface area contributed by atoms with Gasteiger partial charge in [0.1, 0.15) is 5.82 Å². The Hall–Kier alpha value is -1.89. The average Bonchev–Trinajstić information content (AvgIpc) is 2.88. The van der Waals surface area contributed by atoms with E-state index in [1.807, 2.05) is 19.2 Å². The zero-order valence-corrected chi connectivity index (χ0v) is 13.5. The molecule has 1 aromatic heterocycles. The van der Waals surface area contributed by atoms with Gasteiger partial charge in [0, 0.05) is 26.8 Å². The molecule has 2 rings (SSSR count). The largest absolute Gasteiger partial charge is 0.352 e. The van der Waals surface area contributed by atoms with Crippen LogP contribution in [-0.4, -0.2) is 22.8 Å². The monoisotopic (exact) mass is 353 g/mol. The molecule has 0 atom stereocenters. The molecule has 0 fully saturated rings. The molecular formula is C14H17BrFN5. The highest BCUT2D eigenvalue weighted by atomic mass is 79.9. The third-order valence-electron chi connectivity index (χ3n) is 3.03. The van der Waals surface area contributed by atoms with Crippen LogP contribution < -0.4 is 10.6 Å². The first kappa shape index (κ1) is 15.5.